The summed E-state index contributed by atoms with van der Waals surface area (Å²) >= 11 is 0. The number of carbonyl (C=O) groups excluding carboxylic acids is 8. The second-order valence-electron chi connectivity index (χ2n) is 16.3. The molecule has 0 amide bonds. The van der Waals surface area contributed by atoms with E-state index in [0.717, 1.165) is 0 Å². The zero-order valence-corrected chi connectivity index (χ0v) is 56.5. The van der Waals surface area contributed by atoms with Gasteiger partial charge in [-0.15, -0.1) is 0 Å². The minimum absolute atomic E-state index is 0. The van der Waals surface area contributed by atoms with Gasteiger partial charge in [-0.2, -0.15) is 0 Å². The zero-order chi connectivity index (χ0) is 62.6. The molecule has 0 unspecified atom stereocenters. The summed E-state index contributed by atoms with van der Waals surface area (Å²) < 4.78 is 5.11. The number of nitrogens with zero attached hydrogens (tertiary/aromatic N) is 4. The Morgan fingerprint density at radius 1 is 0.202 bits per heavy atom. The van der Waals surface area contributed by atoms with Crippen molar-refractivity contribution in [1.29, 1.82) is 0 Å². The molecule has 0 aliphatic carbocycles. The minimum Gasteiger partial charge on any atom is -2.00 e. The van der Waals surface area contributed by atoms with E-state index < -0.39 is 96.6 Å². The van der Waals surface area contributed by atoms with E-state index in [0.29, 0.717) is 0 Å². The van der Waals surface area contributed by atoms with Crippen molar-refractivity contribution in [3.8, 4) is 0 Å². The average Bonchev–Trinajstić information content (AvgIpc) is 3.41. The molecule has 0 fully saturated rings. The standard InChI is InChI=1S/4C8H20N.4C4H4O6.4O.4V/c4*1-5-9(6-2,7-3)8-4;4*5-1(3(7)8)2(6)4(9)10;;;;;;;;/h4*5-8H2,1-4H3;4*1-2H,(H,7,8)(H,9,10);;;;;;;;/q4*+1;8*-2;;;;/p-8/t;;;;4*1-,2-;;;;;;;;/m....1100......../s1. The van der Waals surface area contributed by atoms with Crippen LogP contribution in [-0.2, 0) is 134 Å². The maximum absolute atomic E-state index is 9.97. The molecule has 0 saturated heterocycles. The van der Waals surface area contributed by atoms with Gasteiger partial charge in [0.2, 0.25) is 0 Å². The SMILES string of the molecule is CC[N+](CC)(CC)CC.CC[N+](CC)(CC)CC.CC[N+](CC)(CC)CC.CC[N+](CC)(CC)CC.O=C([O-])[C@@H]([O-])[C@H]([O-])C(=O)[O-].O=C([O-])[C@@H]([O-])[C@H]([O-])C(=O)[O-].O=C([O-])[C@H]([O-])[C@@H]([O-])C(=O)[O-].O=C([O-])[C@H]([O-])[C@@H]([O-])C(=O)[O-].[O-2].[O-2].[O-2].[O-2].[V].[V].[V].[V]. The van der Waals surface area contributed by atoms with Crippen molar-refractivity contribution in [2.75, 3.05) is 105 Å². The number of hydrogen-bond acceptors (Lipinski definition) is 24. The van der Waals surface area contributed by atoms with Gasteiger partial charge in [0, 0.05) is 122 Å². The van der Waals surface area contributed by atoms with Crippen molar-refractivity contribution >= 4 is 47.8 Å². The van der Waals surface area contributed by atoms with Gasteiger partial charge >= 0.3 is 0 Å². The molecule has 32 nitrogen and oxygen atoms in total. The molecule has 508 valence electrons. The van der Waals surface area contributed by atoms with Gasteiger partial charge in [0.1, 0.15) is 0 Å². The summed E-state index contributed by atoms with van der Waals surface area (Å²) in [6.45, 7) is 56.9. The second kappa shape index (κ2) is 69.6. The third kappa shape index (κ3) is 56.0. The smallest absolute Gasteiger partial charge is 0.0757 e. The first-order valence-electron chi connectivity index (χ1n) is 25.2. The minimum atomic E-state index is -2.80. The molecule has 4 radical (unpaired) electrons. The average molecular weight is 1370 g/mol. The Labute approximate surface area is 543 Å². The fourth-order valence-corrected chi connectivity index (χ4v) is 6.36. The summed E-state index contributed by atoms with van der Waals surface area (Å²) in [4.78, 5) is 76.2. The largest absolute Gasteiger partial charge is 2.00 e. The molecular weight excluding hydrogens is 1280 g/mol. The van der Waals surface area contributed by atoms with E-state index in [1.165, 1.54) is 123 Å². The van der Waals surface area contributed by atoms with Crippen molar-refractivity contribution in [3.05, 3.63) is 0 Å². The van der Waals surface area contributed by atoms with Crippen LogP contribution < -0.4 is 81.7 Å². The first kappa shape index (κ1) is 123. The quantitative estimate of drug-likeness (QED) is 0.0656. The van der Waals surface area contributed by atoms with E-state index in [1.807, 2.05) is 0 Å². The van der Waals surface area contributed by atoms with E-state index in [4.69, 9.17) is 0 Å². The van der Waals surface area contributed by atoms with Crippen LogP contribution in [0.2, 0.25) is 0 Å². The molecule has 0 N–H and O–H groups in total. The van der Waals surface area contributed by atoms with Crippen LogP contribution in [-0.4, -0.2) is 219 Å². The molecule has 0 aromatic heterocycles. The Bertz CT molecular complexity index is 1220. The van der Waals surface area contributed by atoms with Gasteiger partial charge < -0.3 is 160 Å². The summed E-state index contributed by atoms with van der Waals surface area (Å²) in [7, 11) is 0. The fraction of sp³-hybridized carbons (Fsp3) is 0.833. The van der Waals surface area contributed by atoms with E-state index in [9.17, 15) is 120 Å². The van der Waals surface area contributed by atoms with Gasteiger partial charge in [-0.05, 0) is 111 Å². The molecule has 36 heteroatoms. The number of carboxylic acids is 8. The molecule has 0 aromatic rings. The Morgan fingerprint density at radius 2 is 0.250 bits per heavy atom. The normalized spacial score (nSPS) is 12.7. The molecule has 0 heterocycles. The van der Waals surface area contributed by atoms with Crippen molar-refractivity contribution in [2.45, 2.75) is 160 Å². The maximum Gasteiger partial charge on any atom is 0.0757 e. The molecule has 0 aliphatic rings. The number of aliphatic carboxylic acids is 8. The summed E-state index contributed by atoms with van der Waals surface area (Å²) in [6.07, 6.45) is -22.4. The summed E-state index contributed by atoms with van der Waals surface area (Å²) in [6, 6.07) is 0. The van der Waals surface area contributed by atoms with Crippen molar-refractivity contribution in [2.24, 2.45) is 0 Å². The van der Waals surface area contributed by atoms with Crippen molar-refractivity contribution in [1.82, 2.24) is 0 Å². The molecular formula is C48H88N4O28V4-20. The third-order valence-electron chi connectivity index (χ3n) is 13.7. The van der Waals surface area contributed by atoms with Crippen LogP contribution in [0.25, 0.3) is 0 Å². The van der Waals surface area contributed by atoms with Crippen LogP contribution in [0.5, 0.6) is 0 Å². The van der Waals surface area contributed by atoms with Crippen molar-refractivity contribution < 1.29 is 234 Å². The van der Waals surface area contributed by atoms with Gasteiger partial charge in [-0.25, -0.2) is 0 Å². The topological polar surface area (TPSA) is 620 Å². The van der Waals surface area contributed by atoms with Crippen LogP contribution >= 0.6 is 0 Å². The van der Waals surface area contributed by atoms with Gasteiger partial charge in [0.25, 0.3) is 0 Å². The van der Waals surface area contributed by atoms with E-state index >= 15 is 0 Å². The predicted molar refractivity (Wildman–Crippen MR) is 243 cm³/mol. The Kier molecular flexibility index (Phi) is 102. The first-order valence-corrected chi connectivity index (χ1v) is 25.2. The van der Waals surface area contributed by atoms with E-state index in [2.05, 4.69) is 111 Å². The Hall–Kier alpha value is -2.54. The summed E-state index contributed by atoms with van der Waals surface area (Å²) in [5.41, 5.74) is 0. The molecule has 0 saturated carbocycles. The fourth-order valence-electron chi connectivity index (χ4n) is 6.36. The molecule has 0 spiro atoms. The third-order valence-corrected chi connectivity index (χ3v) is 13.7. The number of hydrogen-bond donors (Lipinski definition) is 0. The first-order chi connectivity index (χ1) is 34.8. The maximum atomic E-state index is 9.97. The molecule has 0 rings (SSSR count). The van der Waals surface area contributed by atoms with Crippen LogP contribution in [0.3, 0.4) is 0 Å². The van der Waals surface area contributed by atoms with E-state index in [-0.39, 0.29) is 96.1 Å². The Morgan fingerprint density at radius 3 is 0.262 bits per heavy atom. The summed E-state index contributed by atoms with van der Waals surface area (Å²) in [5.74, 6) is -17.9. The van der Waals surface area contributed by atoms with E-state index in [1.54, 1.807) is 0 Å². The van der Waals surface area contributed by atoms with Crippen LogP contribution in [0.1, 0.15) is 111 Å². The number of quaternary nitrogens is 4. The van der Waals surface area contributed by atoms with Crippen molar-refractivity contribution in [3.63, 3.8) is 0 Å². The van der Waals surface area contributed by atoms with Crippen LogP contribution in [0.15, 0.2) is 0 Å². The number of carboxylic acid groups (broad SMARTS) is 8. The van der Waals surface area contributed by atoms with Gasteiger partial charge in [0.05, 0.1) is 105 Å². The monoisotopic (exact) mass is 1370 g/mol. The molecule has 0 aliphatic heterocycles. The van der Waals surface area contributed by atoms with Gasteiger partial charge in [0.15, 0.2) is 0 Å². The van der Waals surface area contributed by atoms with Crippen LogP contribution in [0, 0.1) is 0 Å². The number of carbonyl (C=O) groups is 8. The van der Waals surface area contributed by atoms with Gasteiger partial charge in [-0.1, -0.05) is 48.8 Å². The molecule has 84 heavy (non-hydrogen) atoms. The predicted octanol–water partition coefficient (Wildman–Crippen LogP) is -17.2. The number of rotatable bonds is 28. The Balaban J connectivity index is -0.0000000444. The van der Waals surface area contributed by atoms with Crippen LogP contribution in [0.4, 0.5) is 0 Å². The molecule has 8 atom stereocenters. The zero-order valence-electron chi connectivity index (χ0n) is 50.9. The molecule has 0 bridgehead atoms. The summed E-state index contributed by atoms with van der Waals surface area (Å²) in [5, 5.41) is 156. The molecule has 0 aromatic carbocycles. The second-order valence-corrected chi connectivity index (χ2v) is 16.3. The van der Waals surface area contributed by atoms with Gasteiger partial charge in [-0.3, -0.25) is 0 Å².